The summed E-state index contributed by atoms with van der Waals surface area (Å²) in [5.41, 5.74) is 2.42. The second-order valence-corrected chi connectivity index (χ2v) is 7.55. The van der Waals surface area contributed by atoms with Crippen LogP contribution in [0.2, 0.25) is 0 Å². The normalized spacial score (nSPS) is 11.0. The second kappa shape index (κ2) is 10.3. The van der Waals surface area contributed by atoms with Gasteiger partial charge in [-0.2, -0.15) is 0 Å². The van der Waals surface area contributed by atoms with Crippen molar-refractivity contribution >= 4 is 42.6 Å². The van der Waals surface area contributed by atoms with E-state index in [1.165, 1.54) is 21.9 Å². The molecular weight excluding hydrogens is 432 g/mol. The third-order valence-corrected chi connectivity index (χ3v) is 5.33. The van der Waals surface area contributed by atoms with E-state index in [2.05, 4.69) is 70.0 Å². The van der Waals surface area contributed by atoms with Crippen molar-refractivity contribution in [1.82, 2.24) is 0 Å². The van der Waals surface area contributed by atoms with Crippen LogP contribution in [0.1, 0.15) is 36.8 Å². The topological polar surface area (TPSA) is 18.5 Å². The van der Waals surface area contributed by atoms with E-state index in [0.29, 0.717) is 0 Å². The number of ether oxygens (including phenoxy) is 2. The molecule has 0 aliphatic carbocycles. The molecule has 132 valence electrons. The molecule has 2 nitrogen and oxygen atoms in total. The van der Waals surface area contributed by atoms with Gasteiger partial charge in [0.15, 0.2) is 0 Å². The Bertz CT molecular complexity index is 598. The lowest BCUT2D eigenvalue weighted by Gasteiger charge is -2.15. The average Bonchev–Trinajstić information content (AvgIpc) is 2.59. The minimum absolute atomic E-state index is 0.770. The van der Waals surface area contributed by atoms with Crippen molar-refractivity contribution in [1.29, 1.82) is 0 Å². The summed E-state index contributed by atoms with van der Waals surface area (Å²) in [5, 5.41) is 4.56. The molecule has 24 heavy (non-hydrogen) atoms. The summed E-state index contributed by atoms with van der Waals surface area (Å²) in [6, 6.07) is 8.49. The van der Waals surface area contributed by atoms with E-state index in [-0.39, 0.29) is 0 Å². The van der Waals surface area contributed by atoms with Crippen LogP contribution in [0, 0.1) is 13.8 Å². The van der Waals surface area contributed by atoms with Crippen molar-refractivity contribution in [3.63, 3.8) is 0 Å². The molecule has 2 rings (SSSR count). The molecule has 0 atom stereocenters. The maximum atomic E-state index is 5.95. The van der Waals surface area contributed by atoms with E-state index in [4.69, 9.17) is 9.47 Å². The Morgan fingerprint density at radius 2 is 1.08 bits per heavy atom. The number of unbranched alkanes of at least 4 members (excludes halogenated alkanes) is 2. The van der Waals surface area contributed by atoms with E-state index in [9.17, 15) is 0 Å². The molecule has 0 saturated heterocycles. The summed E-state index contributed by atoms with van der Waals surface area (Å²) in [6.45, 7) is 5.81. The van der Waals surface area contributed by atoms with E-state index in [0.717, 1.165) is 61.1 Å². The fourth-order valence-electron chi connectivity index (χ4n) is 2.74. The van der Waals surface area contributed by atoms with Gasteiger partial charge in [-0.25, -0.2) is 0 Å². The van der Waals surface area contributed by atoms with Crippen LogP contribution < -0.4 is 9.47 Å². The number of benzene rings is 2. The largest absolute Gasteiger partial charge is 0.493 e. The Hall–Kier alpha value is -0.740. The van der Waals surface area contributed by atoms with Gasteiger partial charge >= 0.3 is 0 Å². The summed E-state index contributed by atoms with van der Waals surface area (Å²) in [5.74, 6) is 1.98. The van der Waals surface area contributed by atoms with Gasteiger partial charge in [-0.15, -0.1) is 0 Å². The van der Waals surface area contributed by atoms with Crippen molar-refractivity contribution in [3.05, 3.63) is 35.4 Å². The lowest BCUT2D eigenvalue weighted by Crippen LogP contribution is -2.01. The number of aryl methyl sites for hydroxylation is 2. The van der Waals surface area contributed by atoms with Crippen LogP contribution >= 0.6 is 31.9 Å². The van der Waals surface area contributed by atoms with Gasteiger partial charge in [0.2, 0.25) is 0 Å². The predicted molar refractivity (Wildman–Crippen MR) is 110 cm³/mol. The first kappa shape index (κ1) is 19.6. The highest BCUT2D eigenvalue weighted by molar-refractivity contribution is 9.09. The van der Waals surface area contributed by atoms with Crippen molar-refractivity contribution in [3.8, 4) is 11.5 Å². The maximum Gasteiger partial charge on any atom is 0.122 e. The van der Waals surface area contributed by atoms with E-state index in [1.54, 1.807) is 0 Å². The van der Waals surface area contributed by atoms with Gasteiger partial charge in [0, 0.05) is 10.7 Å². The third-order valence-electron chi connectivity index (χ3n) is 4.21. The molecule has 0 radical (unpaired) electrons. The number of hydrogen-bond donors (Lipinski definition) is 0. The van der Waals surface area contributed by atoms with Crippen LogP contribution in [0.3, 0.4) is 0 Å². The molecule has 4 heteroatoms. The molecule has 0 N–H and O–H groups in total. The summed E-state index contributed by atoms with van der Waals surface area (Å²) < 4.78 is 11.9. The monoisotopic (exact) mass is 456 g/mol. The number of hydrogen-bond acceptors (Lipinski definition) is 2. The van der Waals surface area contributed by atoms with Gasteiger partial charge in [-0.05, 0) is 73.6 Å². The van der Waals surface area contributed by atoms with Gasteiger partial charge in [0.05, 0.1) is 13.2 Å². The lowest BCUT2D eigenvalue weighted by molar-refractivity contribution is 0.307. The van der Waals surface area contributed by atoms with Gasteiger partial charge < -0.3 is 9.47 Å². The summed E-state index contributed by atoms with van der Waals surface area (Å²) in [7, 11) is 0. The van der Waals surface area contributed by atoms with Crippen LogP contribution in [-0.4, -0.2) is 23.9 Å². The zero-order chi connectivity index (χ0) is 17.4. The second-order valence-electron chi connectivity index (χ2n) is 5.96. The summed E-state index contributed by atoms with van der Waals surface area (Å²) in [4.78, 5) is 0. The smallest absolute Gasteiger partial charge is 0.122 e. The Kier molecular flexibility index (Phi) is 8.40. The fourth-order valence-corrected chi connectivity index (χ4v) is 3.53. The molecule has 2 aromatic rings. The molecule has 2 aromatic carbocycles. The highest BCUT2D eigenvalue weighted by Crippen LogP contribution is 2.33. The molecule has 0 unspecified atom stereocenters. The molecular formula is C20H26Br2O2. The average molecular weight is 458 g/mol. The number of fused-ring (bicyclic) bond motifs is 1. The Morgan fingerprint density at radius 1 is 0.667 bits per heavy atom. The van der Waals surface area contributed by atoms with Crippen LogP contribution in [0.5, 0.6) is 11.5 Å². The molecule has 0 saturated carbocycles. The summed E-state index contributed by atoms with van der Waals surface area (Å²) >= 11 is 6.91. The fraction of sp³-hybridized carbons (Fsp3) is 0.500. The van der Waals surface area contributed by atoms with Crippen LogP contribution in [-0.2, 0) is 0 Å². The molecule has 0 aliphatic rings. The van der Waals surface area contributed by atoms with Crippen molar-refractivity contribution in [2.45, 2.75) is 39.5 Å². The number of halogens is 2. The Balaban J connectivity index is 2.13. The molecule has 0 amide bonds. The van der Waals surface area contributed by atoms with Gasteiger partial charge in [0.25, 0.3) is 0 Å². The third kappa shape index (κ3) is 5.13. The summed E-state index contributed by atoms with van der Waals surface area (Å²) in [6.07, 6.45) is 4.43. The van der Waals surface area contributed by atoms with E-state index >= 15 is 0 Å². The molecule has 0 aromatic heterocycles. The number of rotatable bonds is 10. The van der Waals surface area contributed by atoms with Gasteiger partial charge in [0.1, 0.15) is 11.5 Å². The van der Waals surface area contributed by atoms with Gasteiger partial charge in [-0.3, -0.25) is 0 Å². The SMILES string of the molecule is Cc1c(OCCCCBr)ccc2c(C)c(OCCCCBr)ccc12. The van der Waals surface area contributed by atoms with Crippen molar-refractivity contribution in [2.75, 3.05) is 23.9 Å². The Morgan fingerprint density at radius 3 is 1.46 bits per heavy atom. The molecule has 0 spiro atoms. The van der Waals surface area contributed by atoms with E-state index in [1.807, 2.05) is 0 Å². The first-order chi connectivity index (χ1) is 11.7. The first-order valence-corrected chi connectivity index (χ1v) is 10.8. The van der Waals surface area contributed by atoms with Crippen molar-refractivity contribution < 1.29 is 9.47 Å². The quantitative estimate of drug-likeness (QED) is 0.297. The number of alkyl halides is 2. The minimum atomic E-state index is 0.770. The highest BCUT2D eigenvalue weighted by atomic mass is 79.9. The Labute approximate surface area is 162 Å². The highest BCUT2D eigenvalue weighted by Gasteiger charge is 2.10. The van der Waals surface area contributed by atoms with Crippen LogP contribution in [0.25, 0.3) is 10.8 Å². The van der Waals surface area contributed by atoms with Crippen LogP contribution in [0.4, 0.5) is 0 Å². The maximum absolute atomic E-state index is 5.95. The molecule has 0 fully saturated rings. The van der Waals surface area contributed by atoms with Crippen molar-refractivity contribution in [2.24, 2.45) is 0 Å². The molecule has 0 heterocycles. The molecule has 0 bridgehead atoms. The van der Waals surface area contributed by atoms with Gasteiger partial charge in [-0.1, -0.05) is 44.0 Å². The first-order valence-electron chi connectivity index (χ1n) is 8.59. The molecule has 0 aliphatic heterocycles. The van der Waals surface area contributed by atoms with E-state index < -0.39 is 0 Å². The zero-order valence-electron chi connectivity index (χ0n) is 14.5. The lowest BCUT2D eigenvalue weighted by atomic mass is 10.00. The minimum Gasteiger partial charge on any atom is -0.493 e. The zero-order valence-corrected chi connectivity index (χ0v) is 17.7. The standard InChI is InChI=1S/C20H26Br2O2/c1-15-17-7-10-20(24-14-6-4-12-22)16(2)18(17)8-9-19(15)23-13-5-3-11-21/h7-10H,3-6,11-14H2,1-2H3. The predicted octanol–water partition coefficient (Wildman–Crippen LogP) is 6.56. The van der Waals surface area contributed by atoms with Crippen LogP contribution in [0.15, 0.2) is 24.3 Å².